The molecule has 0 saturated carbocycles. The maximum atomic E-state index is 13.0. The Balaban J connectivity index is 1.18. The number of anilines is 3. The molecule has 0 aliphatic carbocycles. The molecule has 1 aromatic carbocycles. The third-order valence-electron chi connectivity index (χ3n) is 6.46. The van der Waals surface area contributed by atoms with E-state index >= 15 is 0 Å². The number of halogens is 1. The van der Waals surface area contributed by atoms with Crippen LogP contribution in [0.15, 0.2) is 30.3 Å². The minimum atomic E-state index is -0.231. The maximum absolute atomic E-state index is 13.0. The fraction of sp³-hybridized carbons (Fsp3) is 0.560. The molecule has 0 spiro atoms. The third kappa shape index (κ3) is 7.90. The average molecular weight is 501 g/mol. The van der Waals surface area contributed by atoms with Crippen LogP contribution in [0.25, 0.3) is 0 Å². The van der Waals surface area contributed by atoms with E-state index in [4.69, 9.17) is 22.2 Å². The Bertz CT molecular complexity index is 911. The van der Waals surface area contributed by atoms with Gasteiger partial charge in [0.15, 0.2) is 5.11 Å². The van der Waals surface area contributed by atoms with E-state index in [0.717, 1.165) is 75.5 Å². The molecular formula is C25H37FN8S. The van der Waals surface area contributed by atoms with Gasteiger partial charge in [-0.3, -0.25) is 0 Å². The van der Waals surface area contributed by atoms with Crippen LogP contribution in [0.2, 0.25) is 0 Å². The van der Waals surface area contributed by atoms with Gasteiger partial charge in [0.05, 0.1) is 0 Å². The lowest BCUT2D eigenvalue weighted by molar-refractivity contribution is 0.351. The van der Waals surface area contributed by atoms with Gasteiger partial charge in [-0.25, -0.2) is 4.39 Å². The van der Waals surface area contributed by atoms with Crippen molar-refractivity contribution in [2.45, 2.75) is 32.2 Å². The topological polar surface area (TPSA) is 71.6 Å². The average Bonchev–Trinajstić information content (AvgIpc) is 3.58. The second-order valence-corrected chi connectivity index (χ2v) is 9.67. The smallest absolute Gasteiger partial charge is 0.229 e. The van der Waals surface area contributed by atoms with Crippen LogP contribution in [-0.2, 0) is 6.54 Å². The Morgan fingerprint density at radius 3 is 2.31 bits per heavy atom. The molecule has 2 aromatic rings. The van der Waals surface area contributed by atoms with Crippen molar-refractivity contribution in [2.24, 2.45) is 0 Å². The van der Waals surface area contributed by atoms with Gasteiger partial charge in [-0.05, 0) is 62.6 Å². The molecule has 4 rings (SSSR count). The molecular weight excluding hydrogens is 463 g/mol. The molecule has 2 saturated heterocycles. The molecule has 1 aromatic heterocycles. The Morgan fingerprint density at radius 2 is 1.60 bits per heavy atom. The summed E-state index contributed by atoms with van der Waals surface area (Å²) in [6.07, 6.45) is 4.89. The van der Waals surface area contributed by atoms with Crippen molar-refractivity contribution in [2.75, 3.05) is 74.5 Å². The highest BCUT2D eigenvalue weighted by Gasteiger charge is 2.20. The van der Waals surface area contributed by atoms with Crippen molar-refractivity contribution in [3.8, 4) is 0 Å². The molecule has 0 atom stereocenters. The van der Waals surface area contributed by atoms with Gasteiger partial charge in [-0.2, -0.15) is 9.97 Å². The van der Waals surface area contributed by atoms with Gasteiger partial charge in [0.2, 0.25) is 5.95 Å². The van der Waals surface area contributed by atoms with Gasteiger partial charge < -0.3 is 30.7 Å². The van der Waals surface area contributed by atoms with E-state index in [1.54, 1.807) is 12.1 Å². The predicted molar refractivity (Wildman–Crippen MR) is 145 cm³/mol. The van der Waals surface area contributed by atoms with Crippen molar-refractivity contribution in [3.05, 3.63) is 41.7 Å². The standard InChI is InChI=1S/C25H37FN8S/c1-32(17-11-28-25(35)29-19-20-6-8-21(26)9-7-20)16-10-27-22-18-23(33-12-2-3-13-33)31-24(30-22)34-14-4-5-15-34/h6-9,18H,2-5,10-17,19H2,1H3,(H,27,30,31)(H2,28,29,35). The Hall–Kier alpha value is -2.72. The lowest BCUT2D eigenvalue weighted by Gasteiger charge is -2.22. The third-order valence-corrected chi connectivity index (χ3v) is 6.75. The van der Waals surface area contributed by atoms with Crippen LogP contribution in [-0.4, -0.2) is 79.4 Å². The molecule has 190 valence electrons. The van der Waals surface area contributed by atoms with Crippen molar-refractivity contribution in [1.29, 1.82) is 0 Å². The minimum Gasteiger partial charge on any atom is -0.369 e. The zero-order valence-corrected chi connectivity index (χ0v) is 21.4. The molecule has 3 heterocycles. The number of benzene rings is 1. The number of thiocarbonyl (C=S) groups is 1. The predicted octanol–water partition coefficient (Wildman–Crippen LogP) is 2.82. The fourth-order valence-corrected chi connectivity index (χ4v) is 4.55. The molecule has 3 N–H and O–H groups in total. The van der Waals surface area contributed by atoms with E-state index in [1.807, 2.05) is 0 Å². The molecule has 2 fully saturated rings. The lowest BCUT2D eigenvalue weighted by atomic mass is 10.2. The molecule has 2 aliphatic heterocycles. The first-order valence-electron chi connectivity index (χ1n) is 12.6. The normalized spacial score (nSPS) is 15.6. The van der Waals surface area contributed by atoms with E-state index in [-0.39, 0.29) is 5.82 Å². The Kier molecular flexibility index (Phi) is 9.30. The molecule has 0 bridgehead atoms. The fourth-order valence-electron chi connectivity index (χ4n) is 4.37. The number of hydrogen-bond acceptors (Lipinski definition) is 7. The van der Waals surface area contributed by atoms with Gasteiger partial charge in [0.25, 0.3) is 0 Å². The van der Waals surface area contributed by atoms with E-state index in [1.165, 1.54) is 37.8 Å². The van der Waals surface area contributed by atoms with Crippen molar-refractivity contribution in [3.63, 3.8) is 0 Å². The zero-order chi connectivity index (χ0) is 24.5. The first-order valence-corrected chi connectivity index (χ1v) is 13.1. The molecule has 0 amide bonds. The van der Waals surface area contributed by atoms with Crippen LogP contribution in [0.3, 0.4) is 0 Å². The van der Waals surface area contributed by atoms with E-state index in [2.05, 4.69) is 43.8 Å². The van der Waals surface area contributed by atoms with E-state index < -0.39 is 0 Å². The summed E-state index contributed by atoms with van der Waals surface area (Å²) < 4.78 is 13.0. The molecule has 0 unspecified atom stereocenters. The monoisotopic (exact) mass is 500 g/mol. The summed E-state index contributed by atoms with van der Waals surface area (Å²) in [6, 6.07) is 8.52. The molecule has 35 heavy (non-hydrogen) atoms. The SMILES string of the molecule is CN(CCNC(=S)NCc1ccc(F)cc1)CCNc1cc(N2CCCC2)nc(N2CCCC2)n1. The number of nitrogens with one attached hydrogen (secondary N) is 3. The highest BCUT2D eigenvalue weighted by molar-refractivity contribution is 7.80. The summed E-state index contributed by atoms with van der Waals surface area (Å²) >= 11 is 5.35. The van der Waals surface area contributed by atoms with Gasteiger partial charge in [0, 0.05) is 65.0 Å². The minimum absolute atomic E-state index is 0.231. The highest BCUT2D eigenvalue weighted by Crippen LogP contribution is 2.25. The largest absolute Gasteiger partial charge is 0.369 e. The van der Waals surface area contributed by atoms with Crippen LogP contribution < -0.4 is 25.8 Å². The lowest BCUT2D eigenvalue weighted by Crippen LogP contribution is -2.39. The van der Waals surface area contributed by atoms with Crippen molar-refractivity contribution >= 4 is 34.9 Å². The van der Waals surface area contributed by atoms with Crippen LogP contribution >= 0.6 is 12.2 Å². The second kappa shape index (κ2) is 12.8. The number of nitrogens with zero attached hydrogens (tertiary/aromatic N) is 5. The molecule has 2 aliphatic rings. The van der Waals surface area contributed by atoms with E-state index in [9.17, 15) is 4.39 Å². The summed E-state index contributed by atoms with van der Waals surface area (Å²) in [6.45, 7) is 8.11. The molecule has 0 radical (unpaired) electrons. The summed E-state index contributed by atoms with van der Waals surface area (Å²) in [7, 11) is 2.10. The van der Waals surface area contributed by atoms with Gasteiger partial charge in [-0.15, -0.1) is 0 Å². The second-order valence-electron chi connectivity index (χ2n) is 9.27. The van der Waals surface area contributed by atoms with Crippen LogP contribution in [0.1, 0.15) is 31.2 Å². The van der Waals surface area contributed by atoms with Crippen molar-refractivity contribution < 1.29 is 4.39 Å². The highest BCUT2D eigenvalue weighted by atomic mass is 32.1. The summed E-state index contributed by atoms with van der Waals surface area (Å²) in [5.41, 5.74) is 0.990. The number of likely N-dealkylation sites (N-methyl/N-ethyl adjacent to an activating group) is 1. The summed E-state index contributed by atoms with van der Waals surface area (Å²) in [5.74, 6) is 2.57. The summed E-state index contributed by atoms with van der Waals surface area (Å²) in [5, 5.41) is 10.5. The molecule has 8 nitrogen and oxygen atoms in total. The van der Waals surface area contributed by atoms with Crippen LogP contribution in [0.5, 0.6) is 0 Å². The number of rotatable bonds is 11. The Morgan fingerprint density at radius 1 is 0.943 bits per heavy atom. The van der Waals surface area contributed by atoms with E-state index in [0.29, 0.717) is 11.7 Å². The zero-order valence-electron chi connectivity index (χ0n) is 20.6. The quantitative estimate of drug-likeness (QED) is 0.404. The van der Waals surface area contributed by atoms with Gasteiger partial charge in [-0.1, -0.05) is 12.1 Å². The Labute approximate surface area is 213 Å². The van der Waals surface area contributed by atoms with Gasteiger partial charge in [0.1, 0.15) is 17.5 Å². The number of aromatic nitrogens is 2. The first kappa shape index (κ1) is 25.4. The van der Waals surface area contributed by atoms with Gasteiger partial charge >= 0.3 is 0 Å². The summed E-state index contributed by atoms with van der Waals surface area (Å²) in [4.78, 5) is 16.6. The van der Waals surface area contributed by atoms with Crippen LogP contribution in [0.4, 0.5) is 22.0 Å². The first-order chi connectivity index (χ1) is 17.1. The maximum Gasteiger partial charge on any atom is 0.229 e. The number of hydrogen-bond donors (Lipinski definition) is 3. The van der Waals surface area contributed by atoms with Crippen LogP contribution in [0, 0.1) is 5.82 Å². The van der Waals surface area contributed by atoms with Crippen molar-refractivity contribution in [1.82, 2.24) is 25.5 Å². The molecule has 10 heteroatoms.